The molecular weight excluding hydrogens is 375 g/mol. The van der Waals surface area contributed by atoms with Gasteiger partial charge in [-0.3, -0.25) is 14.5 Å². The Hall–Kier alpha value is -2.95. The zero-order valence-corrected chi connectivity index (χ0v) is 16.7. The predicted molar refractivity (Wildman–Crippen MR) is 103 cm³/mol. The minimum Gasteiger partial charge on any atom is -0.325 e. The van der Waals surface area contributed by atoms with Gasteiger partial charge in [0.25, 0.3) is 5.91 Å². The Morgan fingerprint density at radius 2 is 1.86 bits per heavy atom. The summed E-state index contributed by atoms with van der Waals surface area (Å²) in [6, 6.07) is 6.98. The normalized spacial score (nSPS) is 23.4. The van der Waals surface area contributed by atoms with Crippen LogP contribution < -0.4 is 5.32 Å². The third kappa shape index (κ3) is 3.46. The van der Waals surface area contributed by atoms with Crippen LogP contribution in [-0.2, 0) is 15.1 Å². The Balaban J connectivity index is 1.82. The van der Waals surface area contributed by atoms with Crippen molar-refractivity contribution in [2.75, 3.05) is 13.6 Å². The van der Waals surface area contributed by atoms with Gasteiger partial charge in [-0.25, -0.2) is 9.18 Å². The number of nitriles is 1. The van der Waals surface area contributed by atoms with Crippen molar-refractivity contribution in [2.24, 2.45) is 0 Å². The molecule has 1 N–H and O–H groups in total. The number of halogens is 1. The van der Waals surface area contributed by atoms with Gasteiger partial charge in [-0.05, 0) is 37.0 Å². The van der Waals surface area contributed by atoms with Crippen molar-refractivity contribution >= 4 is 17.8 Å². The largest absolute Gasteiger partial charge is 0.325 e. The zero-order chi connectivity index (χ0) is 21.2. The quantitative estimate of drug-likeness (QED) is 0.769. The second kappa shape index (κ2) is 7.82. The molecule has 1 saturated heterocycles. The number of benzene rings is 1. The molecule has 4 amide bonds. The molecule has 0 spiro atoms. The molecule has 1 atom stereocenters. The molecule has 1 heterocycles. The number of imide groups is 1. The molecule has 154 valence electrons. The van der Waals surface area contributed by atoms with Gasteiger partial charge in [0.2, 0.25) is 5.91 Å². The first-order valence-electron chi connectivity index (χ1n) is 9.88. The molecule has 1 unspecified atom stereocenters. The standard InChI is InChI=1S/C21H25FN4O3/c1-3-21(15-7-9-16(22)10-8-15)18(28)26(19(29)24-21)13-17(27)25(2)20(14-23)11-5-4-6-12-20/h7-10H,3-6,11-13H2,1-2H3,(H,24,29). The summed E-state index contributed by atoms with van der Waals surface area (Å²) in [4.78, 5) is 40.9. The molecule has 0 aromatic heterocycles. The van der Waals surface area contributed by atoms with Crippen LogP contribution in [0.4, 0.5) is 9.18 Å². The van der Waals surface area contributed by atoms with Crippen molar-refractivity contribution in [1.29, 1.82) is 5.26 Å². The number of amides is 4. The summed E-state index contributed by atoms with van der Waals surface area (Å²) in [6.45, 7) is 1.30. The van der Waals surface area contributed by atoms with E-state index in [0.29, 0.717) is 18.4 Å². The van der Waals surface area contributed by atoms with Crippen LogP contribution in [0.15, 0.2) is 24.3 Å². The second-order valence-corrected chi connectivity index (χ2v) is 7.74. The molecule has 3 rings (SSSR count). The number of carbonyl (C=O) groups excluding carboxylic acids is 3. The Bertz CT molecular complexity index is 858. The molecule has 29 heavy (non-hydrogen) atoms. The van der Waals surface area contributed by atoms with Crippen LogP contribution in [0.25, 0.3) is 0 Å². The lowest BCUT2D eigenvalue weighted by atomic mass is 9.81. The van der Waals surface area contributed by atoms with Crippen molar-refractivity contribution in [1.82, 2.24) is 15.1 Å². The smallest absolute Gasteiger partial charge is 0.325 e. The summed E-state index contributed by atoms with van der Waals surface area (Å²) in [5.41, 5.74) is -1.77. The van der Waals surface area contributed by atoms with E-state index in [2.05, 4.69) is 11.4 Å². The van der Waals surface area contributed by atoms with Gasteiger partial charge in [-0.1, -0.05) is 38.3 Å². The molecule has 1 aromatic rings. The van der Waals surface area contributed by atoms with Crippen LogP contribution in [-0.4, -0.2) is 46.8 Å². The van der Waals surface area contributed by atoms with Crippen molar-refractivity contribution in [3.63, 3.8) is 0 Å². The molecule has 0 bridgehead atoms. The lowest BCUT2D eigenvalue weighted by Crippen LogP contribution is -2.53. The fourth-order valence-corrected chi connectivity index (χ4v) is 4.28. The number of rotatable bonds is 5. The van der Waals surface area contributed by atoms with Gasteiger partial charge in [-0.2, -0.15) is 5.26 Å². The lowest BCUT2D eigenvalue weighted by Gasteiger charge is -2.39. The fraction of sp³-hybridized carbons (Fsp3) is 0.524. The fourth-order valence-electron chi connectivity index (χ4n) is 4.28. The third-order valence-corrected chi connectivity index (χ3v) is 6.24. The SMILES string of the molecule is CCC1(c2ccc(F)cc2)NC(=O)N(CC(=O)N(C)C2(C#N)CCCCC2)C1=O. The minimum absolute atomic E-state index is 0.256. The van der Waals surface area contributed by atoms with Gasteiger partial charge >= 0.3 is 6.03 Å². The summed E-state index contributed by atoms with van der Waals surface area (Å²) in [7, 11) is 1.56. The maximum absolute atomic E-state index is 13.3. The molecule has 8 heteroatoms. The molecule has 1 saturated carbocycles. The van der Waals surface area contributed by atoms with E-state index in [9.17, 15) is 24.0 Å². The highest BCUT2D eigenvalue weighted by molar-refractivity contribution is 6.09. The predicted octanol–water partition coefficient (Wildman–Crippen LogP) is 2.67. The first-order valence-corrected chi connectivity index (χ1v) is 9.88. The van der Waals surface area contributed by atoms with Gasteiger partial charge in [0.1, 0.15) is 23.4 Å². The van der Waals surface area contributed by atoms with Crippen LogP contribution in [0.5, 0.6) is 0 Å². The third-order valence-electron chi connectivity index (χ3n) is 6.24. The monoisotopic (exact) mass is 400 g/mol. The molecule has 1 aliphatic heterocycles. The molecule has 0 radical (unpaired) electrons. The van der Waals surface area contributed by atoms with Gasteiger partial charge < -0.3 is 10.2 Å². The van der Waals surface area contributed by atoms with E-state index in [0.717, 1.165) is 24.2 Å². The van der Waals surface area contributed by atoms with E-state index in [1.54, 1.807) is 14.0 Å². The average Bonchev–Trinajstić information content (AvgIpc) is 2.99. The first-order chi connectivity index (χ1) is 13.8. The van der Waals surface area contributed by atoms with E-state index in [1.165, 1.54) is 29.2 Å². The van der Waals surface area contributed by atoms with Gasteiger partial charge in [0.15, 0.2) is 0 Å². The lowest BCUT2D eigenvalue weighted by molar-refractivity contribution is -0.141. The van der Waals surface area contributed by atoms with Crippen molar-refractivity contribution in [3.05, 3.63) is 35.6 Å². The van der Waals surface area contributed by atoms with Crippen LogP contribution in [0.3, 0.4) is 0 Å². The van der Waals surface area contributed by atoms with E-state index < -0.39 is 41.3 Å². The molecule has 2 fully saturated rings. The number of carbonyl (C=O) groups is 3. The van der Waals surface area contributed by atoms with Crippen molar-refractivity contribution in [3.8, 4) is 6.07 Å². The van der Waals surface area contributed by atoms with Crippen LogP contribution in [0.2, 0.25) is 0 Å². The number of hydrogen-bond donors (Lipinski definition) is 1. The van der Waals surface area contributed by atoms with Crippen molar-refractivity contribution in [2.45, 2.75) is 56.5 Å². The highest BCUT2D eigenvalue weighted by Gasteiger charge is 2.52. The van der Waals surface area contributed by atoms with Crippen LogP contribution in [0.1, 0.15) is 51.0 Å². The number of nitrogens with one attached hydrogen (secondary N) is 1. The summed E-state index contributed by atoms with van der Waals surface area (Å²) < 4.78 is 13.3. The number of hydrogen-bond acceptors (Lipinski definition) is 4. The first kappa shape index (κ1) is 20.8. The van der Waals surface area contributed by atoms with E-state index in [4.69, 9.17) is 0 Å². The summed E-state index contributed by atoms with van der Waals surface area (Å²) >= 11 is 0. The van der Waals surface area contributed by atoms with Gasteiger partial charge in [0, 0.05) is 7.05 Å². The van der Waals surface area contributed by atoms with E-state index in [1.807, 2.05) is 0 Å². The maximum Gasteiger partial charge on any atom is 0.325 e. The number of likely N-dealkylation sites (N-methyl/N-ethyl adjacent to an activating group) is 1. The van der Waals surface area contributed by atoms with Crippen LogP contribution in [0, 0.1) is 17.1 Å². The summed E-state index contributed by atoms with van der Waals surface area (Å²) in [5, 5.41) is 12.4. The molecule has 2 aliphatic rings. The Morgan fingerprint density at radius 3 is 2.41 bits per heavy atom. The average molecular weight is 400 g/mol. The topological polar surface area (TPSA) is 93.5 Å². The number of urea groups is 1. The summed E-state index contributed by atoms with van der Waals surface area (Å²) in [6.07, 6.45) is 4.16. The van der Waals surface area contributed by atoms with E-state index >= 15 is 0 Å². The van der Waals surface area contributed by atoms with Crippen molar-refractivity contribution < 1.29 is 18.8 Å². The highest BCUT2D eigenvalue weighted by Crippen LogP contribution is 2.34. The molecule has 7 nitrogen and oxygen atoms in total. The van der Waals surface area contributed by atoms with Crippen LogP contribution >= 0.6 is 0 Å². The van der Waals surface area contributed by atoms with E-state index in [-0.39, 0.29) is 6.42 Å². The Labute approximate surface area is 169 Å². The molecule has 1 aliphatic carbocycles. The zero-order valence-electron chi connectivity index (χ0n) is 16.7. The summed E-state index contributed by atoms with van der Waals surface area (Å²) in [5.74, 6) is -1.45. The van der Waals surface area contributed by atoms with Gasteiger partial charge in [-0.15, -0.1) is 0 Å². The molecule has 1 aromatic carbocycles. The second-order valence-electron chi connectivity index (χ2n) is 7.74. The molecular formula is C21H25FN4O3. The number of nitrogens with zero attached hydrogens (tertiary/aromatic N) is 3. The van der Waals surface area contributed by atoms with Gasteiger partial charge in [0.05, 0.1) is 6.07 Å². The maximum atomic E-state index is 13.3. The highest BCUT2D eigenvalue weighted by atomic mass is 19.1. The minimum atomic E-state index is -1.33. The Kier molecular flexibility index (Phi) is 5.60. The Morgan fingerprint density at radius 1 is 1.24 bits per heavy atom.